The van der Waals surface area contributed by atoms with Crippen molar-refractivity contribution in [3.8, 4) is 5.75 Å². The molecule has 0 aromatic heterocycles. The lowest BCUT2D eigenvalue weighted by molar-refractivity contribution is -0.116. The second-order valence-electron chi connectivity index (χ2n) is 4.95. The zero-order valence-corrected chi connectivity index (χ0v) is 12.3. The first kappa shape index (κ1) is 16.3. The number of hydrogen-bond donors (Lipinski definition) is 2. The Labute approximate surface area is 121 Å². The molecule has 20 heavy (non-hydrogen) atoms. The number of amides is 1. The minimum absolute atomic E-state index is 0.109. The summed E-state index contributed by atoms with van der Waals surface area (Å²) < 4.78 is 0. The van der Waals surface area contributed by atoms with Crippen LogP contribution in [0.4, 0.5) is 0 Å². The molecule has 0 heterocycles. The van der Waals surface area contributed by atoms with Gasteiger partial charge in [-0.1, -0.05) is 57.2 Å². The predicted molar refractivity (Wildman–Crippen MR) is 83.5 cm³/mol. The van der Waals surface area contributed by atoms with Crippen LogP contribution in [0.5, 0.6) is 5.75 Å². The van der Waals surface area contributed by atoms with E-state index in [0.29, 0.717) is 5.56 Å². The average molecular weight is 275 g/mol. The molecule has 0 aliphatic heterocycles. The fourth-order valence-electron chi connectivity index (χ4n) is 1.97. The van der Waals surface area contributed by atoms with Crippen molar-refractivity contribution in [2.75, 3.05) is 6.54 Å². The lowest BCUT2D eigenvalue weighted by Crippen LogP contribution is -2.21. The smallest absolute Gasteiger partial charge is 0.244 e. The maximum atomic E-state index is 11.6. The summed E-state index contributed by atoms with van der Waals surface area (Å²) >= 11 is 0. The molecule has 0 atom stereocenters. The Morgan fingerprint density at radius 2 is 1.85 bits per heavy atom. The highest BCUT2D eigenvalue weighted by Gasteiger charge is 1.97. The van der Waals surface area contributed by atoms with E-state index in [9.17, 15) is 9.90 Å². The zero-order valence-electron chi connectivity index (χ0n) is 12.3. The summed E-state index contributed by atoms with van der Waals surface area (Å²) in [6.07, 6.45) is 10.4. The van der Waals surface area contributed by atoms with E-state index in [1.54, 1.807) is 24.3 Å². The molecule has 1 amide bonds. The van der Waals surface area contributed by atoms with Crippen molar-refractivity contribution in [1.29, 1.82) is 0 Å². The second kappa shape index (κ2) is 10.1. The van der Waals surface area contributed by atoms with E-state index < -0.39 is 0 Å². The van der Waals surface area contributed by atoms with E-state index in [2.05, 4.69) is 12.2 Å². The van der Waals surface area contributed by atoms with Gasteiger partial charge in [-0.05, 0) is 18.6 Å². The van der Waals surface area contributed by atoms with Crippen LogP contribution < -0.4 is 5.32 Å². The first-order valence-corrected chi connectivity index (χ1v) is 7.48. The molecule has 0 aliphatic rings. The highest BCUT2D eigenvalue weighted by Crippen LogP contribution is 2.16. The van der Waals surface area contributed by atoms with Crippen molar-refractivity contribution >= 4 is 12.0 Å². The van der Waals surface area contributed by atoms with Gasteiger partial charge >= 0.3 is 0 Å². The van der Waals surface area contributed by atoms with Gasteiger partial charge in [-0.25, -0.2) is 0 Å². The van der Waals surface area contributed by atoms with Crippen LogP contribution >= 0.6 is 0 Å². The summed E-state index contributed by atoms with van der Waals surface area (Å²) in [5, 5.41) is 12.4. The largest absolute Gasteiger partial charge is 0.507 e. The van der Waals surface area contributed by atoms with Crippen LogP contribution in [0.15, 0.2) is 30.3 Å². The fourth-order valence-corrected chi connectivity index (χ4v) is 1.97. The molecule has 0 aliphatic carbocycles. The summed E-state index contributed by atoms with van der Waals surface area (Å²) in [4.78, 5) is 11.6. The van der Waals surface area contributed by atoms with Crippen LogP contribution in [0.2, 0.25) is 0 Å². The molecule has 0 unspecified atom stereocenters. The summed E-state index contributed by atoms with van der Waals surface area (Å²) in [6, 6.07) is 6.96. The SMILES string of the molecule is CCCCCCCCNC(=O)/C=C/c1ccccc1O. The first-order valence-electron chi connectivity index (χ1n) is 7.48. The molecular formula is C17H25NO2. The molecule has 0 bridgehead atoms. The molecule has 0 spiro atoms. The Hall–Kier alpha value is -1.77. The number of para-hydroxylation sites is 1. The predicted octanol–water partition coefficient (Wildman–Crippen LogP) is 3.88. The third-order valence-electron chi connectivity index (χ3n) is 3.18. The van der Waals surface area contributed by atoms with E-state index in [4.69, 9.17) is 0 Å². The molecule has 0 fully saturated rings. The number of phenolic OH excluding ortho intramolecular Hbond substituents is 1. The Balaban J connectivity index is 2.16. The number of carbonyl (C=O) groups excluding carboxylic acids is 1. The van der Waals surface area contributed by atoms with Crippen LogP contribution in [0.1, 0.15) is 51.0 Å². The molecule has 0 saturated carbocycles. The lowest BCUT2D eigenvalue weighted by Gasteiger charge is -2.02. The minimum Gasteiger partial charge on any atom is -0.507 e. The van der Waals surface area contributed by atoms with Crippen molar-refractivity contribution < 1.29 is 9.90 Å². The third-order valence-corrected chi connectivity index (χ3v) is 3.18. The highest BCUT2D eigenvalue weighted by atomic mass is 16.3. The molecule has 1 aromatic rings. The summed E-state index contributed by atoms with van der Waals surface area (Å²) in [5.41, 5.74) is 0.655. The number of unbranched alkanes of at least 4 members (excludes halogenated alkanes) is 5. The highest BCUT2D eigenvalue weighted by molar-refractivity contribution is 5.92. The molecule has 110 valence electrons. The van der Waals surface area contributed by atoms with Gasteiger partial charge < -0.3 is 10.4 Å². The van der Waals surface area contributed by atoms with Crippen LogP contribution in [-0.4, -0.2) is 17.6 Å². The van der Waals surface area contributed by atoms with Gasteiger partial charge in [0.2, 0.25) is 5.91 Å². The van der Waals surface area contributed by atoms with Crippen LogP contribution in [0.25, 0.3) is 6.08 Å². The maximum Gasteiger partial charge on any atom is 0.244 e. The average Bonchev–Trinajstić information content (AvgIpc) is 2.45. The second-order valence-corrected chi connectivity index (χ2v) is 4.95. The van der Waals surface area contributed by atoms with E-state index in [0.717, 1.165) is 13.0 Å². The summed E-state index contributed by atoms with van der Waals surface area (Å²) in [6.45, 7) is 2.92. The number of rotatable bonds is 9. The number of nitrogens with one attached hydrogen (secondary N) is 1. The number of carbonyl (C=O) groups is 1. The third kappa shape index (κ3) is 6.98. The van der Waals surface area contributed by atoms with Gasteiger partial charge in [0, 0.05) is 18.2 Å². The monoisotopic (exact) mass is 275 g/mol. The van der Waals surface area contributed by atoms with Gasteiger partial charge in [-0.2, -0.15) is 0 Å². The number of hydrogen-bond acceptors (Lipinski definition) is 2. The Morgan fingerprint density at radius 1 is 1.15 bits per heavy atom. The topological polar surface area (TPSA) is 49.3 Å². The molecule has 0 radical (unpaired) electrons. The zero-order chi connectivity index (χ0) is 14.6. The van der Waals surface area contributed by atoms with Crippen molar-refractivity contribution in [1.82, 2.24) is 5.32 Å². The van der Waals surface area contributed by atoms with Gasteiger partial charge in [0.05, 0.1) is 0 Å². The quantitative estimate of drug-likeness (QED) is 0.530. The van der Waals surface area contributed by atoms with E-state index in [1.807, 2.05) is 6.07 Å². The molecule has 0 saturated heterocycles. The van der Waals surface area contributed by atoms with Crippen molar-refractivity contribution in [3.05, 3.63) is 35.9 Å². The van der Waals surface area contributed by atoms with Crippen LogP contribution in [0.3, 0.4) is 0 Å². The Bertz CT molecular complexity index is 427. The first-order chi connectivity index (χ1) is 9.74. The summed E-state index contributed by atoms with van der Waals surface area (Å²) in [5.74, 6) is 0.0780. The maximum absolute atomic E-state index is 11.6. The Morgan fingerprint density at radius 3 is 2.60 bits per heavy atom. The number of phenols is 1. The molecule has 1 aromatic carbocycles. The van der Waals surface area contributed by atoms with Crippen LogP contribution in [0, 0.1) is 0 Å². The van der Waals surface area contributed by atoms with Gasteiger partial charge in [0.15, 0.2) is 0 Å². The van der Waals surface area contributed by atoms with Gasteiger partial charge in [-0.15, -0.1) is 0 Å². The normalized spacial score (nSPS) is 10.8. The van der Waals surface area contributed by atoms with Gasteiger partial charge in [0.25, 0.3) is 0 Å². The van der Waals surface area contributed by atoms with Gasteiger partial charge in [0.1, 0.15) is 5.75 Å². The minimum atomic E-state index is -0.109. The van der Waals surface area contributed by atoms with E-state index in [-0.39, 0.29) is 11.7 Å². The van der Waals surface area contributed by atoms with Crippen LogP contribution in [-0.2, 0) is 4.79 Å². The number of benzene rings is 1. The molecule has 2 N–H and O–H groups in total. The number of aromatic hydroxyl groups is 1. The van der Waals surface area contributed by atoms with Gasteiger partial charge in [-0.3, -0.25) is 4.79 Å². The van der Waals surface area contributed by atoms with Crippen molar-refractivity contribution in [2.24, 2.45) is 0 Å². The van der Waals surface area contributed by atoms with Crippen molar-refractivity contribution in [2.45, 2.75) is 45.4 Å². The molecular weight excluding hydrogens is 250 g/mol. The molecule has 1 rings (SSSR count). The van der Waals surface area contributed by atoms with Crippen molar-refractivity contribution in [3.63, 3.8) is 0 Å². The molecule has 3 heteroatoms. The van der Waals surface area contributed by atoms with E-state index in [1.165, 1.54) is 38.2 Å². The summed E-state index contributed by atoms with van der Waals surface area (Å²) in [7, 11) is 0. The lowest BCUT2D eigenvalue weighted by atomic mass is 10.1. The molecule has 3 nitrogen and oxygen atoms in total. The standard InChI is InChI=1S/C17H25NO2/c1-2-3-4-5-6-9-14-18-17(20)13-12-15-10-7-8-11-16(15)19/h7-8,10-13,19H,2-6,9,14H2,1H3,(H,18,20)/b13-12+. The fraction of sp³-hybridized carbons (Fsp3) is 0.471. The van der Waals surface area contributed by atoms with E-state index >= 15 is 0 Å². The Kier molecular flexibility index (Phi) is 8.20.